The van der Waals surface area contributed by atoms with Crippen molar-refractivity contribution in [2.75, 3.05) is 11.4 Å². The number of phenolic OH excluding ortho intramolecular Hbond substituents is 1. The maximum Gasteiger partial charge on any atom is 0.270 e. The minimum absolute atomic E-state index is 0.0358. The molecule has 0 fully saturated rings. The first-order chi connectivity index (χ1) is 8.81. The molecule has 0 bridgehead atoms. The fourth-order valence-electron chi connectivity index (χ4n) is 2.17. The summed E-state index contributed by atoms with van der Waals surface area (Å²) < 4.78 is 5.70. The number of benzene rings is 1. The number of fused-ring (bicyclic) bond motifs is 1. The van der Waals surface area contributed by atoms with Gasteiger partial charge in [0.15, 0.2) is 5.60 Å². The SMILES string of the molecule is CC(C)CCN1C(=O)C(C)(C)Oc2cc(O)ccc21. The quantitative estimate of drug-likeness (QED) is 0.912. The molecule has 0 spiro atoms. The second-order valence-corrected chi connectivity index (χ2v) is 5.90. The number of carbonyl (C=O) groups is 1. The molecule has 0 saturated heterocycles. The molecule has 104 valence electrons. The average molecular weight is 263 g/mol. The highest BCUT2D eigenvalue weighted by Gasteiger charge is 2.40. The predicted octanol–water partition coefficient (Wildman–Crippen LogP) is 2.94. The monoisotopic (exact) mass is 263 g/mol. The number of rotatable bonds is 3. The Bertz CT molecular complexity index is 494. The number of hydrogen-bond donors (Lipinski definition) is 1. The van der Waals surface area contributed by atoms with Gasteiger partial charge in [-0.25, -0.2) is 0 Å². The van der Waals surface area contributed by atoms with Gasteiger partial charge in [-0.05, 0) is 38.3 Å². The van der Waals surface area contributed by atoms with E-state index < -0.39 is 5.60 Å². The molecular formula is C15H21NO3. The Balaban J connectivity index is 2.38. The number of anilines is 1. The molecule has 1 amide bonds. The first-order valence-corrected chi connectivity index (χ1v) is 6.65. The minimum Gasteiger partial charge on any atom is -0.508 e. The molecule has 2 rings (SSSR count). The van der Waals surface area contributed by atoms with Gasteiger partial charge in [-0.1, -0.05) is 13.8 Å². The predicted molar refractivity (Wildman–Crippen MR) is 74.6 cm³/mol. The van der Waals surface area contributed by atoms with Crippen molar-refractivity contribution in [2.45, 2.75) is 39.7 Å². The largest absolute Gasteiger partial charge is 0.508 e. The van der Waals surface area contributed by atoms with Gasteiger partial charge in [0.05, 0.1) is 5.69 Å². The highest BCUT2D eigenvalue weighted by atomic mass is 16.5. The van der Waals surface area contributed by atoms with Crippen LogP contribution in [0.1, 0.15) is 34.1 Å². The molecule has 0 radical (unpaired) electrons. The summed E-state index contributed by atoms with van der Waals surface area (Å²) in [4.78, 5) is 14.2. The molecule has 1 N–H and O–H groups in total. The normalized spacial score (nSPS) is 17.3. The molecule has 4 nitrogen and oxygen atoms in total. The van der Waals surface area contributed by atoms with Crippen LogP contribution in [0.3, 0.4) is 0 Å². The summed E-state index contributed by atoms with van der Waals surface area (Å²) in [5, 5.41) is 9.55. The van der Waals surface area contributed by atoms with E-state index >= 15 is 0 Å². The summed E-state index contributed by atoms with van der Waals surface area (Å²) in [6.07, 6.45) is 0.933. The summed E-state index contributed by atoms with van der Waals surface area (Å²) >= 11 is 0. The topological polar surface area (TPSA) is 49.8 Å². The van der Waals surface area contributed by atoms with Crippen molar-refractivity contribution in [1.82, 2.24) is 0 Å². The van der Waals surface area contributed by atoms with Crippen LogP contribution in [-0.4, -0.2) is 23.2 Å². The van der Waals surface area contributed by atoms with Gasteiger partial charge in [-0.3, -0.25) is 4.79 Å². The molecule has 1 aromatic carbocycles. The molecule has 1 heterocycles. The maximum absolute atomic E-state index is 12.4. The fourth-order valence-corrected chi connectivity index (χ4v) is 2.17. The summed E-state index contributed by atoms with van der Waals surface area (Å²) in [7, 11) is 0. The van der Waals surface area contributed by atoms with E-state index in [4.69, 9.17) is 4.74 Å². The Kier molecular flexibility index (Phi) is 3.43. The lowest BCUT2D eigenvalue weighted by atomic mass is 10.0. The van der Waals surface area contributed by atoms with Crippen LogP contribution in [0, 0.1) is 5.92 Å². The van der Waals surface area contributed by atoms with Crippen LogP contribution in [0.25, 0.3) is 0 Å². The second-order valence-electron chi connectivity index (χ2n) is 5.90. The molecule has 19 heavy (non-hydrogen) atoms. The number of phenols is 1. The molecule has 0 unspecified atom stereocenters. The molecule has 1 aliphatic heterocycles. The third-order valence-corrected chi connectivity index (χ3v) is 3.29. The third kappa shape index (κ3) is 2.67. The molecule has 0 saturated carbocycles. The Morgan fingerprint density at radius 1 is 1.37 bits per heavy atom. The van der Waals surface area contributed by atoms with E-state index in [1.807, 2.05) is 0 Å². The minimum atomic E-state index is -0.891. The highest BCUT2D eigenvalue weighted by Crippen LogP contribution is 2.39. The van der Waals surface area contributed by atoms with Gasteiger partial charge < -0.3 is 14.7 Å². The van der Waals surface area contributed by atoms with Gasteiger partial charge in [-0.15, -0.1) is 0 Å². The van der Waals surface area contributed by atoms with Gasteiger partial charge >= 0.3 is 0 Å². The lowest BCUT2D eigenvalue weighted by Crippen LogP contribution is -2.52. The van der Waals surface area contributed by atoms with E-state index in [1.165, 1.54) is 0 Å². The van der Waals surface area contributed by atoms with Gasteiger partial charge in [0.1, 0.15) is 11.5 Å². The van der Waals surface area contributed by atoms with E-state index in [-0.39, 0.29) is 11.7 Å². The average Bonchev–Trinajstić information content (AvgIpc) is 2.29. The number of amides is 1. The van der Waals surface area contributed by atoms with Crippen LogP contribution in [-0.2, 0) is 4.79 Å². The zero-order valence-corrected chi connectivity index (χ0v) is 11.9. The molecule has 0 atom stereocenters. The molecule has 1 aliphatic rings. The Morgan fingerprint density at radius 3 is 2.68 bits per heavy atom. The number of nitrogens with zero attached hydrogens (tertiary/aromatic N) is 1. The van der Waals surface area contributed by atoms with Crippen molar-refractivity contribution in [3.63, 3.8) is 0 Å². The zero-order chi connectivity index (χ0) is 14.2. The van der Waals surface area contributed by atoms with E-state index in [9.17, 15) is 9.90 Å². The second kappa shape index (κ2) is 4.76. The Morgan fingerprint density at radius 2 is 2.05 bits per heavy atom. The van der Waals surface area contributed by atoms with E-state index in [0.29, 0.717) is 18.2 Å². The van der Waals surface area contributed by atoms with Crippen LogP contribution >= 0.6 is 0 Å². The van der Waals surface area contributed by atoms with Crippen molar-refractivity contribution < 1.29 is 14.6 Å². The first kappa shape index (κ1) is 13.7. The number of hydrogen-bond acceptors (Lipinski definition) is 3. The van der Waals surface area contributed by atoms with Gasteiger partial charge in [0, 0.05) is 12.6 Å². The van der Waals surface area contributed by atoms with Gasteiger partial charge in [0.2, 0.25) is 0 Å². The summed E-state index contributed by atoms with van der Waals surface area (Å²) in [5.41, 5.74) is -0.152. The number of aromatic hydroxyl groups is 1. The Labute approximate surface area is 114 Å². The highest BCUT2D eigenvalue weighted by molar-refractivity contribution is 6.02. The standard InChI is InChI=1S/C15H21NO3/c1-10(2)7-8-16-12-6-5-11(17)9-13(12)19-15(3,4)14(16)18/h5-6,9-10,17H,7-8H2,1-4H3. The van der Waals surface area contributed by atoms with Crippen molar-refractivity contribution in [2.24, 2.45) is 5.92 Å². The zero-order valence-electron chi connectivity index (χ0n) is 11.9. The van der Waals surface area contributed by atoms with Crippen molar-refractivity contribution in [1.29, 1.82) is 0 Å². The smallest absolute Gasteiger partial charge is 0.270 e. The molecule has 0 aromatic heterocycles. The summed E-state index contributed by atoms with van der Waals surface area (Å²) in [6, 6.07) is 4.88. The van der Waals surface area contributed by atoms with Crippen LogP contribution in [0.15, 0.2) is 18.2 Å². The molecule has 0 aliphatic carbocycles. The van der Waals surface area contributed by atoms with Crippen LogP contribution in [0.4, 0.5) is 5.69 Å². The van der Waals surface area contributed by atoms with E-state index in [1.54, 1.807) is 36.9 Å². The lowest BCUT2D eigenvalue weighted by Gasteiger charge is -2.39. The van der Waals surface area contributed by atoms with Crippen molar-refractivity contribution in [3.8, 4) is 11.5 Å². The van der Waals surface area contributed by atoms with Crippen LogP contribution in [0.5, 0.6) is 11.5 Å². The third-order valence-electron chi connectivity index (χ3n) is 3.29. The van der Waals surface area contributed by atoms with Crippen molar-refractivity contribution >= 4 is 11.6 Å². The number of ether oxygens (including phenoxy) is 1. The Hall–Kier alpha value is -1.71. The molecule has 1 aromatic rings. The maximum atomic E-state index is 12.4. The molecular weight excluding hydrogens is 242 g/mol. The van der Waals surface area contributed by atoms with E-state index in [2.05, 4.69) is 13.8 Å². The number of carbonyl (C=O) groups excluding carboxylic acids is 1. The lowest BCUT2D eigenvalue weighted by molar-refractivity contribution is -0.132. The van der Waals surface area contributed by atoms with E-state index in [0.717, 1.165) is 12.1 Å². The van der Waals surface area contributed by atoms with Crippen LogP contribution in [0.2, 0.25) is 0 Å². The van der Waals surface area contributed by atoms with Gasteiger partial charge in [0.25, 0.3) is 5.91 Å². The summed E-state index contributed by atoms with van der Waals surface area (Å²) in [6.45, 7) is 8.44. The van der Waals surface area contributed by atoms with Crippen LogP contribution < -0.4 is 9.64 Å². The van der Waals surface area contributed by atoms with Crippen molar-refractivity contribution in [3.05, 3.63) is 18.2 Å². The first-order valence-electron chi connectivity index (χ1n) is 6.65. The fraction of sp³-hybridized carbons (Fsp3) is 0.533. The molecule has 4 heteroatoms. The summed E-state index contributed by atoms with van der Waals surface area (Å²) in [5.74, 6) is 1.20. The van der Waals surface area contributed by atoms with Gasteiger partial charge in [-0.2, -0.15) is 0 Å².